The van der Waals surface area contributed by atoms with Crippen LogP contribution in [0.15, 0.2) is 6.07 Å². The van der Waals surface area contributed by atoms with Gasteiger partial charge in [-0.3, -0.25) is 0 Å². The van der Waals surface area contributed by atoms with Crippen LogP contribution in [0.3, 0.4) is 0 Å². The first-order valence-corrected chi connectivity index (χ1v) is 6.43. The molecule has 0 spiro atoms. The van der Waals surface area contributed by atoms with Gasteiger partial charge in [0.05, 0.1) is 19.8 Å². The van der Waals surface area contributed by atoms with Crippen LogP contribution >= 0.6 is 0 Å². The maximum Gasteiger partial charge on any atom is 0.168 e. The van der Waals surface area contributed by atoms with Crippen LogP contribution in [0.4, 0.5) is 8.78 Å². The monoisotopic (exact) mass is 271 g/mol. The van der Waals surface area contributed by atoms with Gasteiger partial charge in [0, 0.05) is 11.6 Å². The van der Waals surface area contributed by atoms with Crippen molar-refractivity contribution in [1.82, 2.24) is 0 Å². The molecule has 0 aliphatic heterocycles. The third-order valence-corrected chi connectivity index (χ3v) is 3.81. The molecular formula is C14H19F2NO2. The summed E-state index contributed by atoms with van der Waals surface area (Å²) in [4.78, 5) is 0. The van der Waals surface area contributed by atoms with E-state index in [0.717, 1.165) is 25.3 Å². The maximum atomic E-state index is 14.2. The molecule has 0 saturated heterocycles. The molecule has 1 aliphatic rings. The van der Waals surface area contributed by atoms with Crippen LogP contribution in [0.2, 0.25) is 0 Å². The summed E-state index contributed by atoms with van der Waals surface area (Å²) in [6.45, 7) is 0. The predicted octanol–water partition coefficient (Wildman–Crippen LogP) is 3.10. The predicted molar refractivity (Wildman–Crippen MR) is 68.4 cm³/mol. The Kier molecular flexibility index (Phi) is 3.94. The minimum atomic E-state index is -0.956. The van der Waals surface area contributed by atoms with Crippen molar-refractivity contribution in [3.8, 4) is 11.5 Å². The van der Waals surface area contributed by atoms with E-state index in [1.807, 2.05) is 0 Å². The minimum absolute atomic E-state index is 0.103. The molecule has 0 atom stereocenters. The summed E-state index contributed by atoms with van der Waals surface area (Å²) in [5, 5.41) is 0. The van der Waals surface area contributed by atoms with Crippen molar-refractivity contribution in [2.45, 2.75) is 37.6 Å². The molecule has 0 aromatic heterocycles. The molecule has 0 amide bonds. The topological polar surface area (TPSA) is 44.5 Å². The second-order valence-corrected chi connectivity index (χ2v) is 5.00. The Morgan fingerprint density at radius 2 is 1.74 bits per heavy atom. The Hall–Kier alpha value is -1.36. The number of ether oxygens (including phenoxy) is 2. The molecule has 5 heteroatoms. The lowest BCUT2D eigenvalue weighted by atomic mass is 9.76. The van der Waals surface area contributed by atoms with Gasteiger partial charge >= 0.3 is 0 Å². The van der Waals surface area contributed by atoms with Gasteiger partial charge in [0.1, 0.15) is 0 Å². The second-order valence-electron chi connectivity index (χ2n) is 5.00. The molecule has 3 nitrogen and oxygen atoms in total. The normalized spacial score (nSPS) is 18.2. The fourth-order valence-electron chi connectivity index (χ4n) is 2.82. The average molecular weight is 271 g/mol. The summed E-state index contributed by atoms with van der Waals surface area (Å²) < 4.78 is 38.2. The third-order valence-electron chi connectivity index (χ3n) is 3.81. The van der Waals surface area contributed by atoms with E-state index in [-0.39, 0.29) is 17.1 Å². The fraction of sp³-hybridized carbons (Fsp3) is 0.571. The molecule has 2 N–H and O–H groups in total. The lowest BCUT2D eigenvalue weighted by Gasteiger charge is -2.35. The van der Waals surface area contributed by atoms with Crippen molar-refractivity contribution >= 4 is 0 Å². The molecule has 1 aromatic rings. The van der Waals surface area contributed by atoms with Crippen LogP contribution < -0.4 is 15.2 Å². The number of hydrogen-bond donors (Lipinski definition) is 1. The van der Waals surface area contributed by atoms with E-state index >= 15 is 0 Å². The molecule has 0 bridgehead atoms. The highest BCUT2D eigenvalue weighted by Gasteiger charge is 2.37. The average Bonchev–Trinajstić information content (AvgIpc) is 2.41. The van der Waals surface area contributed by atoms with E-state index < -0.39 is 17.2 Å². The van der Waals surface area contributed by atoms with Crippen molar-refractivity contribution in [1.29, 1.82) is 0 Å². The van der Waals surface area contributed by atoms with Crippen LogP contribution in [0, 0.1) is 11.6 Å². The van der Waals surface area contributed by atoms with E-state index in [9.17, 15) is 8.78 Å². The molecule has 0 heterocycles. The first-order chi connectivity index (χ1) is 9.03. The maximum absolute atomic E-state index is 14.2. The zero-order valence-corrected chi connectivity index (χ0v) is 11.3. The second kappa shape index (κ2) is 5.33. The molecule has 1 aliphatic carbocycles. The molecular weight excluding hydrogens is 252 g/mol. The Morgan fingerprint density at radius 1 is 1.11 bits per heavy atom. The third kappa shape index (κ3) is 2.39. The summed E-state index contributed by atoms with van der Waals surface area (Å²) >= 11 is 0. The zero-order valence-electron chi connectivity index (χ0n) is 11.3. The zero-order chi connectivity index (χ0) is 14.0. The Labute approximate surface area is 111 Å². The molecule has 0 unspecified atom stereocenters. The highest BCUT2D eigenvalue weighted by molar-refractivity contribution is 5.51. The fourth-order valence-corrected chi connectivity index (χ4v) is 2.82. The summed E-state index contributed by atoms with van der Waals surface area (Å²) in [6, 6.07) is 0.990. The van der Waals surface area contributed by atoms with Crippen LogP contribution in [0.5, 0.6) is 11.5 Å². The number of rotatable bonds is 3. The Bertz CT molecular complexity index is 471. The SMILES string of the molecule is COc1cc(F)c(F)c(C2(N)CCCCC2)c1OC. The molecule has 19 heavy (non-hydrogen) atoms. The van der Waals surface area contributed by atoms with Crippen molar-refractivity contribution in [2.24, 2.45) is 5.73 Å². The smallest absolute Gasteiger partial charge is 0.168 e. The van der Waals surface area contributed by atoms with E-state index in [1.165, 1.54) is 14.2 Å². The van der Waals surface area contributed by atoms with E-state index in [0.29, 0.717) is 12.8 Å². The van der Waals surface area contributed by atoms with Crippen LogP contribution in [0.1, 0.15) is 37.7 Å². The first kappa shape index (κ1) is 14.1. The van der Waals surface area contributed by atoms with Crippen LogP contribution in [-0.4, -0.2) is 14.2 Å². The molecule has 2 rings (SSSR count). The van der Waals surface area contributed by atoms with Crippen molar-refractivity contribution in [2.75, 3.05) is 14.2 Å². The van der Waals surface area contributed by atoms with Gasteiger partial charge in [-0.1, -0.05) is 19.3 Å². The van der Waals surface area contributed by atoms with Gasteiger partial charge in [0.2, 0.25) is 0 Å². The van der Waals surface area contributed by atoms with Gasteiger partial charge in [0.15, 0.2) is 23.1 Å². The first-order valence-electron chi connectivity index (χ1n) is 6.43. The summed E-state index contributed by atoms with van der Waals surface area (Å²) in [7, 11) is 2.80. The molecule has 0 radical (unpaired) electrons. The lowest BCUT2D eigenvalue weighted by molar-refractivity contribution is 0.267. The van der Waals surface area contributed by atoms with Crippen molar-refractivity contribution in [3.63, 3.8) is 0 Å². The highest BCUT2D eigenvalue weighted by atomic mass is 19.2. The van der Waals surface area contributed by atoms with Gasteiger partial charge in [-0.2, -0.15) is 0 Å². The summed E-state index contributed by atoms with van der Waals surface area (Å²) in [5.41, 5.74) is 5.53. The van der Waals surface area contributed by atoms with E-state index in [4.69, 9.17) is 15.2 Å². The summed E-state index contributed by atoms with van der Waals surface area (Å²) in [5.74, 6) is -1.51. The van der Waals surface area contributed by atoms with Gasteiger partial charge in [-0.25, -0.2) is 8.78 Å². The van der Waals surface area contributed by atoms with Gasteiger partial charge in [0.25, 0.3) is 0 Å². The number of hydrogen-bond acceptors (Lipinski definition) is 3. The van der Waals surface area contributed by atoms with E-state index in [2.05, 4.69) is 0 Å². The largest absolute Gasteiger partial charge is 0.493 e. The molecule has 1 aromatic carbocycles. The van der Waals surface area contributed by atoms with Crippen molar-refractivity contribution < 1.29 is 18.3 Å². The van der Waals surface area contributed by atoms with E-state index in [1.54, 1.807) is 0 Å². The Morgan fingerprint density at radius 3 is 2.26 bits per heavy atom. The molecule has 1 fully saturated rings. The Balaban J connectivity index is 2.62. The highest BCUT2D eigenvalue weighted by Crippen LogP contribution is 2.45. The van der Waals surface area contributed by atoms with Crippen LogP contribution in [0.25, 0.3) is 0 Å². The number of benzene rings is 1. The van der Waals surface area contributed by atoms with Gasteiger partial charge in [-0.05, 0) is 12.8 Å². The van der Waals surface area contributed by atoms with Crippen molar-refractivity contribution in [3.05, 3.63) is 23.3 Å². The number of nitrogens with two attached hydrogens (primary N) is 1. The van der Waals surface area contributed by atoms with Gasteiger partial charge < -0.3 is 15.2 Å². The van der Waals surface area contributed by atoms with Crippen LogP contribution in [-0.2, 0) is 5.54 Å². The minimum Gasteiger partial charge on any atom is -0.493 e. The molecule has 1 saturated carbocycles. The molecule has 106 valence electrons. The standard InChI is InChI=1S/C14H19F2NO2/c1-18-10-8-9(15)12(16)11(13(10)19-2)14(17)6-4-3-5-7-14/h8H,3-7,17H2,1-2H3. The quantitative estimate of drug-likeness (QED) is 0.918. The lowest BCUT2D eigenvalue weighted by Crippen LogP contribution is -2.40. The summed E-state index contributed by atoms with van der Waals surface area (Å²) in [6.07, 6.45) is 4.10. The number of methoxy groups -OCH3 is 2. The number of halogens is 2. The van der Waals surface area contributed by atoms with Gasteiger partial charge in [-0.15, -0.1) is 0 Å².